The minimum absolute atomic E-state index is 0.694. The fourth-order valence-corrected chi connectivity index (χ4v) is 1.95. The summed E-state index contributed by atoms with van der Waals surface area (Å²) in [6.07, 6.45) is 2.92. The molecule has 1 saturated heterocycles. The maximum Gasteiger partial charge on any atom is 0.193 e. The summed E-state index contributed by atoms with van der Waals surface area (Å²) in [5.74, 6) is 0.888. The summed E-state index contributed by atoms with van der Waals surface area (Å²) in [5.41, 5.74) is 0.906. The first-order chi connectivity index (χ1) is 8.79. The van der Waals surface area contributed by atoms with E-state index in [0.717, 1.165) is 24.7 Å². The van der Waals surface area contributed by atoms with Crippen molar-refractivity contribution in [1.82, 2.24) is 20.3 Å². The number of guanidine groups is 1. The van der Waals surface area contributed by atoms with Gasteiger partial charge in [0.05, 0.1) is 6.54 Å². The molecule has 0 atom stereocenters. The predicted octanol–water partition coefficient (Wildman–Crippen LogP) is 0.388. The maximum atomic E-state index is 4.82. The van der Waals surface area contributed by atoms with E-state index in [1.165, 1.54) is 19.5 Å². The van der Waals surface area contributed by atoms with Gasteiger partial charge < -0.3 is 19.6 Å². The Hall–Kier alpha value is -1.56. The molecule has 0 aromatic carbocycles. The molecule has 1 aromatic rings. The maximum absolute atomic E-state index is 4.82. The van der Waals surface area contributed by atoms with E-state index in [9.17, 15) is 0 Å². The largest absolute Gasteiger partial charge is 0.364 e. The normalized spacial score (nSPS) is 16.4. The quantitative estimate of drug-likeness (QED) is 0.606. The van der Waals surface area contributed by atoms with E-state index in [1.54, 1.807) is 13.3 Å². The Labute approximate surface area is 108 Å². The molecule has 0 bridgehead atoms. The molecule has 1 aliphatic heterocycles. The van der Waals surface area contributed by atoms with Crippen LogP contribution in [0.2, 0.25) is 0 Å². The molecule has 6 nitrogen and oxygen atoms in total. The zero-order valence-corrected chi connectivity index (χ0v) is 11.1. The van der Waals surface area contributed by atoms with Crippen LogP contribution in [0.3, 0.4) is 0 Å². The van der Waals surface area contributed by atoms with Gasteiger partial charge in [0.2, 0.25) is 0 Å². The summed E-state index contributed by atoms with van der Waals surface area (Å²) < 4.78 is 4.82. The summed E-state index contributed by atoms with van der Waals surface area (Å²) >= 11 is 0. The Morgan fingerprint density at radius 1 is 1.61 bits per heavy atom. The van der Waals surface area contributed by atoms with Crippen molar-refractivity contribution in [3.8, 4) is 0 Å². The third kappa shape index (κ3) is 3.46. The molecule has 1 aromatic heterocycles. The van der Waals surface area contributed by atoms with Crippen LogP contribution in [0.25, 0.3) is 0 Å². The molecule has 6 heteroatoms. The van der Waals surface area contributed by atoms with Crippen molar-refractivity contribution >= 4 is 5.96 Å². The molecule has 18 heavy (non-hydrogen) atoms. The van der Waals surface area contributed by atoms with Crippen LogP contribution in [0.5, 0.6) is 0 Å². The van der Waals surface area contributed by atoms with Crippen molar-refractivity contribution in [3.05, 3.63) is 18.0 Å². The molecule has 0 saturated carbocycles. The standard InChI is InChI=1S/C12H21N5O/c1-13-12(14-5-8-17-6-3-7-17)16(2)10-11-4-9-18-15-11/h4,9H,3,5-8,10H2,1-2H3,(H,13,14). The summed E-state index contributed by atoms with van der Waals surface area (Å²) in [6.45, 7) is 5.16. The number of hydrogen-bond acceptors (Lipinski definition) is 4. The molecular weight excluding hydrogens is 230 g/mol. The number of aliphatic imine (C=N–C) groups is 1. The van der Waals surface area contributed by atoms with Gasteiger partial charge in [0.25, 0.3) is 0 Å². The average Bonchev–Trinajstić information content (AvgIpc) is 2.79. The molecule has 0 amide bonds. The Bertz CT molecular complexity index is 372. The van der Waals surface area contributed by atoms with Gasteiger partial charge in [0, 0.05) is 33.3 Å². The highest BCUT2D eigenvalue weighted by Crippen LogP contribution is 2.03. The van der Waals surface area contributed by atoms with Gasteiger partial charge in [-0.15, -0.1) is 0 Å². The Balaban J connectivity index is 1.73. The first-order valence-electron chi connectivity index (χ1n) is 6.33. The van der Waals surface area contributed by atoms with Gasteiger partial charge in [0.1, 0.15) is 12.0 Å². The second-order valence-corrected chi connectivity index (χ2v) is 4.52. The first kappa shape index (κ1) is 12.9. The number of hydrogen-bond donors (Lipinski definition) is 1. The minimum atomic E-state index is 0.694. The van der Waals surface area contributed by atoms with Crippen molar-refractivity contribution in [2.75, 3.05) is 40.3 Å². The molecule has 0 aliphatic carbocycles. The van der Waals surface area contributed by atoms with Gasteiger partial charge in [-0.3, -0.25) is 4.99 Å². The monoisotopic (exact) mass is 251 g/mol. The second kappa shape index (κ2) is 6.39. The van der Waals surface area contributed by atoms with E-state index in [4.69, 9.17) is 4.52 Å². The highest BCUT2D eigenvalue weighted by Gasteiger charge is 2.13. The van der Waals surface area contributed by atoms with Crippen LogP contribution in [0, 0.1) is 0 Å². The molecular formula is C12H21N5O. The summed E-state index contributed by atoms with van der Waals surface area (Å²) in [6, 6.07) is 1.86. The van der Waals surface area contributed by atoms with Crippen LogP contribution in [0.4, 0.5) is 0 Å². The third-order valence-electron chi connectivity index (χ3n) is 3.12. The first-order valence-corrected chi connectivity index (χ1v) is 6.33. The lowest BCUT2D eigenvalue weighted by atomic mass is 10.2. The van der Waals surface area contributed by atoms with Gasteiger partial charge in [-0.05, 0) is 19.5 Å². The Kier molecular flexibility index (Phi) is 4.58. The SMILES string of the molecule is CN=C(NCCN1CCC1)N(C)Cc1ccon1. The highest BCUT2D eigenvalue weighted by molar-refractivity contribution is 5.79. The molecule has 1 aliphatic rings. The average molecular weight is 251 g/mol. The highest BCUT2D eigenvalue weighted by atomic mass is 16.5. The third-order valence-corrected chi connectivity index (χ3v) is 3.12. The molecule has 0 unspecified atom stereocenters. The van der Waals surface area contributed by atoms with Gasteiger partial charge >= 0.3 is 0 Å². The molecule has 0 spiro atoms. The molecule has 1 fully saturated rings. The predicted molar refractivity (Wildman–Crippen MR) is 70.4 cm³/mol. The van der Waals surface area contributed by atoms with Gasteiger partial charge in [-0.2, -0.15) is 0 Å². The fourth-order valence-electron chi connectivity index (χ4n) is 1.95. The molecule has 1 N–H and O–H groups in total. The van der Waals surface area contributed by atoms with Crippen molar-refractivity contribution in [3.63, 3.8) is 0 Å². The number of aromatic nitrogens is 1. The molecule has 2 heterocycles. The zero-order chi connectivity index (χ0) is 12.8. The van der Waals surface area contributed by atoms with E-state index in [-0.39, 0.29) is 0 Å². The lowest BCUT2D eigenvalue weighted by molar-refractivity contribution is 0.184. The van der Waals surface area contributed by atoms with Crippen molar-refractivity contribution in [2.24, 2.45) is 4.99 Å². The van der Waals surface area contributed by atoms with Crippen LogP contribution in [-0.2, 0) is 6.54 Å². The fraction of sp³-hybridized carbons (Fsp3) is 0.667. The van der Waals surface area contributed by atoms with E-state index in [1.807, 2.05) is 18.0 Å². The van der Waals surface area contributed by atoms with Crippen LogP contribution in [-0.4, -0.2) is 61.2 Å². The zero-order valence-electron chi connectivity index (χ0n) is 11.1. The second-order valence-electron chi connectivity index (χ2n) is 4.52. The number of likely N-dealkylation sites (tertiary alicyclic amines) is 1. The van der Waals surface area contributed by atoms with Crippen LogP contribution in [0.1, 0.15) is 12.1 Å². The number of nitrogens with one attached hydrogen (secondary N) is 1. The van der Waals surface area contributed by atoms with Crippen molar-refractivity contribution in [2.45, 2.75) is 13.0 Å². The van der Waals surface area contributed by atoms with E-state index < -0.39 is 0 Å². The number of rotatable bonds is 5. The minimum Gasteiger partial charge on any atom is -0.364 e. The van der Waals surface area contributed by atoms with Crippen LogP contribution in [0.15, 0.2) is 21.8 Å². The van der Waals surface area contributed by atoms with E-state index >= 15 is 0 Å². The summed E-state index contributed by atoms with van der Waals surface area (Å²) in [4.78, 5) is 8.73. The van der Waals surface area contributed by atoms with E-state index in [0.29, 0.717) is 6.54 Å². The van der Waals surface area contributed by atoms with Crippen molar-refractivity contribution in [1.29, 1.82) is 0 Å². The van der Waals surface area contributed by atoms with Gasteiger partial charge in [0.15, 0.2) is 5.96 Å². The summed E-state index contributed by atoms with van der Waals surface area (Å²) in [5, 5.41) is 7.25. The molecule has 0 radical (unpaired) electrons. The lowest BCUT2D eigenvalue weighted by Crippen LogP contribution is -2.45. The number of nitrogens with zero attached hydrogens (tertiary/aromatic N) is 4. The van der Waals surface area contributed by atoms with Crippen LogP contribution < -0.4 is 5.32 Å². The summed E-state index contributed by atoms with van der Waals surface area (Å²) in [7, 11) is 3.79. The topological polar surface area (TPSA) is 56.9 Å². The Morgan fingerprint density at radius 2 is 2.44 bits per heavy atom. The smallest absolute Gasteiger partial charge is 0.193 e. The molecule has 2 rings (SSSR count). The molecule has 100 valence electrons. The van der Waals surface area contributed by atoms with Crippen LogP contribution >= 0.6 is 0 Å². The Morgan fingerprint density at radius 3 is 3.00 bits per heavy atom. The van der Waals surface area contributed by atoms with Crippen molar-refractivity contribution < 1.29 is 4.52 Å². The lowest BCUT2D eigenvalue weighted by Gasteiger charge is -2.31. The van der Waals surface area contributed by atoms with E-state index in [2.05, 4.69) is 20.4 Å². The van der Waals surface area contributed by atoms with Gasteiger partial charge in [-0.1, -0.05) is 5.16 Å². The van der Waals surface area contributed by atoms with Gasteiger partial charge in [-0.25, -0.2) is 0 Å².